The Morgan fingerprint density at radius 2 is 2.07 bits per heavy atom. The number of rotatable bonds is 5. The van der Waals surface area contributed by atoms with Crippen LogP contribution < -0.4 is 11.0 Å². The van der Waals surface area contributed by atoms with Gasteiger partial charge in [-0.2, -0.15) is 0 Å². The summed E-state index contributed by atoms with van der Waals surface area (Å²) in [5.41, 5.74) is 4.93. The largest absolute Gasteiger partial charge is 0.384 e. The van der Waals surface area contributed by atoms with E-state index in [1.807, 2.05) is 0 Å². The Morgan fingerprint density at radius 3 is 2.53 bits per heavy atom. The van der Waals surface area contributed by atoms with Gasteiger partial charge in [-0.15, -0.1) is 0 Å². The molecule has 15 heavy (non-hydrogen) atoms. The van der Waals surface area contributed by atoms with Gasteiger partial charge in [-0.3, -0.25) is 4.57 Å². The van der Waals surface area contributed by atoms with E-state index >= 15 is 0 Å². The van der Waals surface area contributed by atoms with Gasteiger partial charge < -0.3 is 15.4 Å². The van der Waals surface area contributed by atoms with Crippen molar-refractivity contribution in [2.45, 2.75) is 5.66 Å². The van der Waals surface area contributed by atoms with Gasteiger partial charge in [0.05, 0.1) is 12.3 Å². The number of hydrogen-bond donors (Lipinski definition) is 2. The highest BCUT2D eigenvalue weighted by Gasteiger charge is 2.31. The van der Waals surface area contributed by atoms with Crippen molar-refractivity contribution in [1.82, 2.24) is 0 Å². The lowest BCUT2D eigenvalue weighted by Gasteiger charge is -2.20. The zero-order valence-electron chi connectivity index (χ0n) is 8.67. The highest BCUT2D eigenvalue weighted by atomic mass is 31.2. The van der Waals surface area contributed by atoms with Crippen LogP contribution >= 0.6 is 7.37 Å². The van der Waals surface area contributed by atoms with Crippen LogP contribution in [0, 0.1) is 0 Å². The van der Waals surface area contributed by atoms with Crippen LogP contribution in [0.1, 0.15) is 0 Å². The molecule has 1 rings (SSSR count). The van der Waals surface area contributed by atoms with Gasteiger partial charge in [-0.1, -0.05) is 18.2 Å². The van der Waals surface area contributed by atoms with Crippen molar-refractivity contribution in [1.29, 1.82) is 0 Å². The molecule has 1 aromatic carbocycles. The van der Waals surface area contributed by atoms with Crippen molar-refractivity contribution in [3.05, 3.63) is 30.3 Å². The minimum atomic E-state index is -3.42. The fourth-order valence-electron chi connectivity index (χ4n) is 1.36. The Bertz CT molecular complexity index is 342. The Hall–Kier alpha value is -0.670. The lowest BCUT2D eigenvalue weighted by molar-refractivity contribution is 0.195. The summed E-state index contributed by atoms with van der Waals surface area (Å²) in [5.74, 6) is 0. The topological polar surface area (TPSA) is 72.5 Å². The van der Waals surface area contributed by atoms with E-state index in [2.05, 4.69) is 0 Å². The molecule has 0 aliphatic rings. The van der Waals surface area contributed by atoms with Crippen LogP contribution in [0.3, 0.4) is 0 Å². The number of nitrogens with two attached hydrogens (primary N) is 1. The summed E-state index contributed by atoms with van der Waals surface area (Å²) < 4.78 is 17.0. The first kappa shape index (κ1) is 12.4. The molecule has 0 bridgehead atoms. The maximum atomic E-state index is 12.1. The molecule has 0 fully saturated rings. The molecule has 0 aliphatic heterocycles. The van der Waals surface area contributed by atoms with Gasteiger partial charge in [0.1, 0.15) is 0 Å². The SMILES string of the molecule is COCC(CN)P(=O)(O)c1ccccc1. The minimum absolute atomic E-state index is 0.135. The summed E-state index contributed by atoms with van der Waals surface area (Å²) in [4.78, 5) is 9.97. The molecule has 1 aromatic rings. The molecule has 4 nitrogen and oxygen atoms in total. The Balaban J connectivity index is 2.95. The van der Waals surface area contributed by atoms with Gasteiger partial charge in [0.15, 0.2) is 0 Å². The monoisotopic (exact) mass is 229 g/mol. The zero-order valence-corrected chi connectivity index (χ0v) is 9.56. The van der Waals surface area contributed by atoms with Crippen LogP contribution in [0.4, 0.5) is 0 Å². The molecule has 0 saturated carbocycles. The van der Waals surface area contributed by atoms with Gasteiger partial charge in [0.2, 0.25) is 7.37 Å². The highest BCUT2D eigenvalue weighted by Crippen LogP contribution is 2.44. The van der Waals surface area contributed by atoms with E-state index in [0.29, 0.717) is 5.30 Å². The fraction of sp³-hybridized carbons (Fsp3) is 0.400. The molecule has 3 N–H and O–H groups in total. The third-order valence-electron chi connectivity index (χ3n) is 2.25. The van der Waals surface area contributed by atoms with Gasteiger partial charge in [-0.05, 0) is 12.1 Å². The van der Waals surface area contributed by atoms with Crippen LogP contribution in [-0.4, -0.2) is 30.8 Å². The third kappa shape index (κ3) is 2.89. The highest BCUT2D eigenvalue weighted by molar-refractivity contribution is 7.66. The van der Waals surface area contributed by atoms with E-state index in [0.717, 1.165) is 0 Å². The number of ether oxygens (including phenoxy) is 1. The summed E-state index contributed by atoms with van der Waals surface area (Å²) in [6, 6.07) is 8.55. The number of methoxy groups -OCH3 is 1. The van der Waals surface area contributed by atoms with Crippen molar-refractivity contribution in [2.75, 3.05) is 20.3 Å². The van der Waals surface area contributed by atoms with Crippen LogP contribution in [0.2, 0.25) is 0 Å². The smallest absolute Gasteiger partial charge is 0.236 e. The molecule has 0 amide bonds. The molecule has 84 valence electrons. The van der Waals surface area contributed by atoms with E-state index < -0.39 is 13.0 Å². The van der Waals surface area contributed by atoms with E-state index in [4.69, 9.17) is 10.5 Å². The summed E-state index contributed by atoms with van der Waals surface area (Å²) in [6.45, 7) is 0.329. The van der Waals surface area contributed by atoms with E-state index in [9.17, 15) is 9.46 Å². The molecule has 0 saturated heterocycles. The summed E-state index contributed by atoms with van der Waals surface area (Å²) >= 11 is 0. The normalized spacial score (nSPS) is 17.0. The van der Waals surface area contributed by atoms with Gasteiger partial charge in [-0.25, -0.2) is 0 Å². The molecule has 0 heterocycles. The third-order valence-corrected chi connectivity index (χ3v) is 4.64. The first-order valence-corrected chi connectivity index (χ1v) is 6.43. The van der Waals surface area contributed by atoms with Gasteiger partial charge in [0, 0.05) is 19.0 Å². The summed E-state index contributed by atoms with van der Waals surface area (Å²) in [5, 5.41) is 0.428. The number of benzene rings is 1. The first-order chi connectivity index (χ1) is 7.12. The Kier molecular flexibility index (Phi) is 4.48. The summed E-state index contributed by atoms with van der Waals surface area (Å²) in [6.07, 6.45) is 0. The minimum Gasteiger partial charge on any atom is -0.384 e. The zero-order chi connectivity index (χ0) is 11.3. The molecule has 5 heteroatoms. The quantitative estimate of drug-likeness (QED) is 0.723. The van der Waals surface area contributed by atoms with Crippen LogP contribution in [-0.2, 0) is 9.30 Å². The van der Waals surface area contributed by atoms with Gasteiger partial charge in [0.25, 0.3) is 0 Å². The molecule has 0 aliphatic carbocycles. The van der Waals surface area contributed by atoms with Crippen molar-refractivity contribution in [3.63, 3.8) is 0 Å². The maximum Gasteiger partial charge on any atom is 0.236 e. The number of hydrogen-bond acceptors (Lipinski definition) is 3. The second-order valence-corrected chi connectivity index (χ2v) is 5.80. The average molecular weight is 229 g/mol. The standard InChI is InChI=1S/C10H16NO3P/c1-14-8-10(7-11)15(12,13)9-5-3-2-4-6-9/h2-6,10H,7-8,11H2,1H3,(H,12,13). The van der Waals surface area contributed by atoms with Crippen LogP contribution in [0.15, 0.2) is 30.3 Å². The molecule has 2 atom stereocenters. The van der Waals surface area contributed by atoms with E-state index in [1.54, 1.807) is 30.3 Å². The second kappa shape index (κ2) is 5.42. The van der Waals surface area contributed by atoms with Crippen LogP contribution in [0.25, 0.3) is 0 Å². The Labute approximate surface area is 89.5 Å². The first-order valence-electron chi connectivity index (χ1n) is 4.70. The second-order valence-electron chi connectivity index (χ2n) is 3.30. The van der Waals surface area contributed by atoms with Crippen LogP contribution in [0.5, 0.6) is 0 Å². The predicted octanol–water partition coefficient (Wildman–Crippen LogP) is 0.556. The molecule has 0 spiro atoms. The van der Waals surface area contributed by atoms with Crippen molar-refractivity contribution in [2.24, 2.45) is 5.73 Å². The van der Waals surface area contributed by atoms with E-state index in [-0.39, 0.29) is 13.2 Å². The molecular formula is C10H16NO3P. The Morgan fingerprint density at radius 1 is 1.47 bits per heavy atom. The molecule has 0 radical (unpaired) electrons. The van der Waals surface area contributed by atoms with Crippen molar-refractivity contribution in [3.8, 4) is 0 Å². The lowest BCUT2D eigenvalue weighted by atomic mass is 10.4. The van der Waals surface area contributed by atoms with Crippen molar-refractivity contribution < 1.29 is 14.2 Å². The van der Waals surface area contributed by atoms with Gasteiger partial charge >= 0.3 is 0 Å². The van der Waals surface area contributed by atoms with Crippen molar-refractivity contribution >= 4 is 12.7 Å². The fourth-order valence-corrected chi connectivity index (χ4v) is 3.01. The summed E-state index contributed by atoms with van der Waals surface area (Å²) in [7, 11) is -1.93. The maximum absolute atomic E-state index is 12.1. The van der Waals surface area contributed by atoms with E-state index in [1.165, 1.54) is 7.11 Å². The predicted molar refractivity (Wildman–Crippen MR) is 60.6 cm³/mol. The lowest BCUT2D eigenvalue weighted by Crippen LogP contribution is -2.29. The molecule has 2 unspecified atom stereocenters. The molecule has 0 aromatic heterocycles. The average Bonchev–Trinajstić information content (AvgIpc) is 2.27. The molecular weight excluding hydrogens is 213 g/mol.